The molecule has 0 saturated heterocycles. The smallest absolute Gasteiger partial charge is 0.262 e. The van der Waals surface area contributed by atoms with Crippen LogP contribution in [0.5, 0.6) is 5.75 Å². The zero-order valence-electron chi connectivity index (χ0n) is 10.7. The van der Waals surface area contributed by atoms with Crippen molar-refractivity contribution in [3.05, 3.63) is 51.7 Å². The van der Waals surface area contributed by atoms with Crippen molar-refractivity contribution in [2.75, 3.05) is 17.7 Å². The third-order valence-corrected chi connectivity index (χ3v) is 3.37. The first-order valence-corrected chi connectivity index (χ1v) is 7.05. The summed E-state index contributed by atoms with van der Waals surface area (Å²) in [4.78, 5) is 11.7. The van der Waals surface area contributed by atoms with E-state index in [4.69, 9.17) is 22.1 Å². The molecule has 0 bridgehead atoms. The van der Waals surface area contributed by atoms with Gasteiger partial charge in [0.1, 0.15) is 0 Å². The molecule has 7 heteroatoms. The van der Waals surface area contributed by atoms with Gasteiger partial charge < -0.3 is 15.8 Å². The van der Waals surface area contributed by atoms with Crippen LogP contribution < -0.4 is 15.8 Å². The maximum Gasteiger partial charge on any atom is 0.262 e. The number of amides is 1. The van der Waals surface area contributed by atoms with Crippen LogP contribution in [0.1, 0.15) is 0 Å². The fourth-order valence-electron chi connectivity index (χ4n) is 1.55. The summed E-state index contributed by atoms with van der Waals surface area (Å²) in [6, 6.07) is 9.02. The van der Waals surface area contributed by atoms with E-state index in [1.165, 1.54) is 18.2 Å². The molecule has 0 aliphatic rings. The summed E-state index contributed by atoms with van der Waals surface area (Å²) in [6.07, 6.45) is 0. The number of halogens is 3. The van der Waals surface area contributed by atoms with E-state index in [-0.39, 0.29) is 12.4 Å². The molecule has 21 heavy (non-hydrogen) atoms. The summed E-state index contributed by atoms with van der Waals surface area (Å²) < 4.78 is 19.2. The van der Waals surface area contributed by atoms with Crippen LogP contribution in [0.3, 0.4) is 0 Å². The monoisotopic (exact) mass is 372 g/mol. The highest BCUT2D eigenvalue weighted by Gasteiger charge is 2.08. The maximum absolute atomic E-state index is 13.5. The van der Waals surface area contributed by atoms with E-state index < -0.39 is 11.7 Å². The maximum atomic E-state index is 13.5. The zero-order chi connectivity index (χ0) is 15.4. The molecule has 0 radical (unpaired) electrons. The molecule has 2 rings (SSSR count). The number of ether oxygens (including phenoxy) is 1. The van der Waals surface area contributed by atoms with E-state index in [9.17, 15) is 9.18 Å². The summed E-state index contributed by atoms with van der Waals surface area (Å²) in [6.45, 7) is -0.318. The van der Waals surface area contributed by atoms with Crippen molar-refractivity contribution >= 4 is 44.8 Å². The molecular weight excluding hydrogens is 363 g/mol. The van der Waals surface area contributed by atoms with Crippen molar-refractivity contribution in [1.29, 1.82) is 0 Å². The van der Waals surface area contributed by atoms with Gasteiger partial charge in [-0.1, -0.05) is 27.5 Å². The zero-order valence-corrected chi connectivity index (χ0v) is 13.0. The van der Waals surface area contributed by atoms with Crippen LogP contribution in [0.25, 0.3) is 0 Å². The quantitative estimate of drug-likeness (QED) is 0.800. The van der Waals surface area contributed by atoms with Crippen LogP contribution in [0, 0.1) is 5.82 Å². The van der Waals surface area contributed by atoms with Crippen molar-refractivity contribution in [3.8, 4) is 5.75 Å². The Morgan fingerprint density at radius 3 is 2.76 bits per heavy atom. The van der Waals surface area contributed by atoms with Gasteiger partial charge in [-0.25, -0.2) is 4.39 Å². The predicted molar refractivity (Wildman–Crippen MR) is 84.1 cm³/mol. The second kappa shape index (κ2) is 6.78. The topological polar surface area (TPSA) is 64.3 Å². The van der Waals surface area contributed by atoms with Gasteiger partial charge in [0.2, 0.25) is 0 Å². The van der Waals surface area contributed by atoms with Gasteiger partial charge in [0.05, 0.1) is 10.7 Å². The molecule has 0 aliphatic heterocycles. The summed E-state index contributed by atoms with van der Waals surface area (Å²) >= 11 is 8.92. The molecule has 2 aromatic rings. The van der Waals surface area contributed by atoms with Gasteiger partial charge in [-0.05, 0) is 36.4 Å². The van der Waals surface area contributed by atoms with E-state index in [2.05, 4.69) is 21.2 Å². The van der Waals surface area contributed by atoms with Gasteiger partial charge in [0, 0.05) is 10.2 Å². The van der Waals surface area contributed by atoms with Gasteiger partial charge in [-0.2, -0.15) is 0 Å². The fraction of sp³-hybridized carbons (Fsp3) is 0.0714. The lowest BCUT2D eigenvalue weighted by molar-refractivity contribution is -0.118. The van der Waals surface area contributed by atoms with Crippen LogP contribution in [-0.4, -0.2) is 12.5 Å². The minimum absolute atomic E-state index is 0.00368. The van der Waals surface area contributed by atoms with Crippen molar-refractivity contribution < 1.29 is 13.9 Å². The third kappa shape index (κ3) is 4.34. The van der Waals surface area contributed by atoms with E-state index in [1.807, 2.05) is 0 Å². The first-order valence-electron chi connectivity index (χ1n) is 5.88. The summed E-state index contributed by atoms with van der Waals surface area (Å²) in [5.74, 6) is -0.976. The molecule has 4 nitrogen and oxygen atoms in total. The molecule has 2 aromatic carbocycles. The lowest BCUT2D eigenvalue weighted by atomic mass is 10.3. The van der Waals surface area contributed by atoms with E-state index >= 15 is 0 Å². The van der Waals surface area contributed by atoms with Gasteiger partial charge in [-0.3, -0.25) is 4.79 Å². The number of rotatable bonds is 4. The third-order valence-electron chi connectivity index (χ3n) is 2.53. The van der Waals surface area contributed by atoms with Crippen molar-refractivity contribution in [3.63, 3.8) is 0 Å². The first-order chi connectivity index (χ1) is 9.95. The van der Waals surface area contributed by atoms with Crippen LogP contribution in [0.2, 0.25) is 5.02 Å². The summed E-state index contributed by atoms with van der Waals surface area (Å²) in [5, 5.41) is 2.98. The Labute approximate surface area is 134 Å². The first kappa shape index (κ1) is 15.6. The van der Waals surface area contributed by atoms with Crippen LogP contribution in [-0.2, 0) is 4.79 Å². The van der Waals surface area contributed by atoms with Crippen molar-refractivity contribution in [2.24, 2.45) is 0 Å². The second-order valence-corrected chi connectivity index (χ2v) is 5.47. The minimum Gasteiger partial charge on any atom is -0.481 e. The molecule has 0 atom stereocenters. The molecule has 0 heterocycles. The summed E-state index contributed by atoms with van der Waals surface area (Å²) in [5.41, 5.74) is 6.47. The van der Waals surface area contributed by atoms with E-state index in [0.717, 1.165) is 0 Å². The number of hydrogen-bond acceptors (Lipinski definition) is 3. The Bertz CT molecular complexity index is 682. The molecule has 0 fully saturated rings. The van der Waals surface area contributed by atoms with E-state index in [0.29, 0.717) is 20.9 Å². The van der Waals surface area contributed by atoms with Gasteiger partial charge in [-0.15, -0.1) is 0 Å². The van der Waals surface area contributed by atoms with Crippen LogP contribution >= 0.6 is 27.5 Å². The molecule has 1 amide bonds. The van der Waals surface area contributed by atoms with Gasteiger partial charge in [0.25, 0.3) is 5.91 Å². The molecule has 3 N–H and O–H groups in total. The number of nitrogens with one attached hydrogen (secondary N) is 1. The number of hydrogen-bond donors (Lipinski definition) is 2. The second-order valence-electron chi connectivity index (χ2n) is 4.15. The average molecular weight is 374 g/mol. The highest BCUT2D eigenvalue weighted by molar-refractivity contribution is 9.10. The van der Waals surface area contributed by atoms with Crippen LogP contribution in [0.4, 0.5) is 15.8 Å². The number of nitrogen functional groups attached to an aromatic ring is 1. The molecule has 110 valence electrons. The highest BCUT2D eigenvalue weighted by Crippen LogP contribution is 2.23. The Hall–Kier alpha value is -1.79. The Morgan fingerprint density at radius 1 is 1.33 bits per heavy atom. The SMILES string of the molecule is Nc1cc(NC(=O)COc2ccc(Br)cc2F)ccc1Cl. The molecule has 0 spiro atoms. The van der Waals surface area contributed by atoms with Crippen molar-refractivity contribution in [2.45, 2.75) is 0 Å². The van der Waals surface area contributed by atoms with Crippen LogP contribution in [0.15, 0.2) is 40.9 Å². The average Bonchev–Trinajstić information content (AvgIpc) is 2.42. The summed E-state index contributed by atoms with van der Waals surface area (Å²) in [7, 11) is 0. The standard InChI is InChI=1S/C14H11BrClFN2O2/c15-8-1-4-13(11(17)5-8)21-7-14(20)19-9-2-3-10(16)12(18)6-9/h1-6H,7,18H2,(H,19,20). The van der Waals surface area contributed by atoms with Gasteiger partial charge >= 0.3 is 0 Å². The number of carbonyl (C=O) groups excluding carboxylic acids is 1. The normalized spacial score (nSPS) is 10.2. The lowest BCUT2D eigenvalue weighted by Crippen LogP contribution is -2.20. The van der Waals surface area contributed by atoms with Gasteiger partial charge in [0.15, 0.2) is 18.2 Å². The Morgan fingerprint density at radius 2 is 2.10 bits per heavy atom. The Kier molecular flexibility index (Phi) is 5.03. The fourth-order valence-corrected chi connectivity index (χ4v) is 2.00. The number of anilines is 2. The highest BCUT2D eigenvalue weighted by atomic mass is 79.9. The predicted octanol–water partition coefficient (Wildman–Crippen LogP) is 3.84. The number of nitrogens with two attached hydrogens (primary N) is 1. The minimum atomic E-state index is -0.548. The molecular formula is C14H11BrClFN2O2. The largest absolute Gasteiger partial charge is 0.481 e. The lowest BCUT2D eigenvalue weighted by Gasteiger charge is -2.09. The molecule has 0 aliphatic carbocycles. The molecule has 0 saturated carbocycles. The molecule has 0 unspecified atom stereocenters. The number of carbonyl (C=O) groups is 1. The van der Waals surface area contributed by atoms with Crippen molar-refractivity contribution in [1.82, 2.24) is 0 Å². The molecule has 0 aromatic heterocycles. The number of benzene rings is 2. The van der Waals surface area contributed by atoms with E-state index in [1.54, 1.807) is 18.2 Å². The Balaban J connectivity index is 1.94.